The molecular weight excluding hydrogens is 985 g/mol. The quantitative estimate of drug-likeness (QED) is 0.105. The first-order chi connectivity index (χ1) is 40.6. The van der Waals surface area contributed by atoms with Gasteiger partial charge in [0.2, 0.25) is 0 Å². The molecule has 0 aromatic heterocycles. The van der Waals surface area contributed by atoms with Crippen LogP contribution < -0.4 is 0 Å². The standard InChI is InChI=1S/C82H52/c1-49-25-21-23-39-57(49)77-69(53-31-13-5-14-32-53)67(51-27-9-3-10-28-51)71(55-35-17-7-18-36-55)79-63-45-41-59-60-42-46-64-76-66(48-44-62(74(60)76)61-43-47-65(81(77)79)75(63)73(59)61)82-78(58-40-24-22-26-50(58)2)70(54-33-15-6-16-34-54)68(52-29-11-4-12-30-52)72(80(64)82)56-37-19-8-20-38-56/h3-48H,1-2H3. The fourth-order valence-corrected chi connectivity index (χ4v) is 14.9. The van der Waals surface area contributed by atoms with E-state index >= 15 is 0 Å². The Balaban J connectivity index is 1.03. The highest BCUT2D eigenvalue weighted by molar-refractivity contribution is 6.42. The van der Waals surface area contributed by atoms with E-state index in [1.807, 2.05) is 0 Å². The SMILES string of the molecule is Cc1ccccc1-c1c(-c2ccccc2)c(-c2ccccc2)c(-c2ccccc2)c2c1-c1ccc3c4ccc5c6c(ccc(c7ccc-2c1c73)c64)-c1c(-c2ccccc2)c(-c2ccccc2)c(-c2ccccc2)c(-c2ccccc2C)c1-5. The van der Waals surface area contributed by atoms with Crippen molar-refractivity contribution in [2.24, 2.45) is 0 Å². The van der Waals surface area contributed by atoms with Crippen LogP contribution in [0.4, 0.5) is 0 Å². The molecule has 2 aliphatic rings. The predicted molar refractivity (Wildman–Crippen MR) is 349 cm³/mol. The van der Waals surface area contributed by atoms with Gasteiger partial charge in [-0.3, -0.25) is 0 Å². The van der Waals surface area contributed by atoms with Gasteiger partial charge in [-0.15, -0.1) is 0 Å². The first-order valence-corrected chi connectivity index (χ1v) is 28.8. The molecule has 380 valence electrons. The molecule has 0 fully saturated rings. The summed E-state index contributed by atoms with van der Waals surface area (Å²) in [7, 11) is 0. The smallest absolute Gasteiger partial charge is 0.000708 e. The topological polar surface area (TPSA) is 0 Å². The van der Waals surface area contributed by atoms with Crippen molar-refractivity contribution in [2.75, 3.05) is 0 Å². The van der Waals surface area contributed by atoms with Gasteiger partial charge < -0.3 is 0 Å². The van der Waals surface area contributed by atoms with Crippen molar-refractivity contribution in [1.29, 1.82) is 0 Å². The van der Waals surface area contributed by atoms with Crippen LogP contribution in [0.2, 0.25) is 0 Å². The van der Waals surface area contributed by atoms with Crippen LogP contribution in [0.15, 0.2) is 279 Å². The zero-order valence-corrected chi connectivity index (χ0v) is 45.6. The summed E-state index contributed by atoms with van der Waals surface area (Å²) in [5, 5.41) is 10.5. The van der Waals surface area contributed by atoms with Gasteiger partial charge in [-0.2, -0.15) is 0 Å². The fourth-order valence-electron chi connectivity index (χ4n) is 14.9. The van der Waals surface area contributed by atoms with E-state index < -0.39 is 0 Å². The van der Waals surface area contributed by atoms with Crippen molar-refractivity contribution in [3.8, 4) is 134 Å². The molecule has 0 nitrogen and oxygen atoms in total. The van der Waals surface area contributed by atoms with Crippen molar-refractivity contribution < 1.29 is 0 Å². The first-order valence-electron chi connectivity index (χ1n) is 28.8. The minimum Gasteiger partial charge on any atom is -0.0622 e. The summed E-state index contributed by atoms with van der Waals surface area (Å²) in [5.41, 5.74) is 32.8. The van der Waals surface area contributed by atoms with E-state index in [0.29, 0.717) is 0 Å². The molecule has 0 bridgehead atoms. The maximum Gasteiger partial charge on any atom is -0.000708 e. The van der Waals surface area contributed by atoms with Crippen molar-refractivity contribution in [3.63, 3.8) is 0 Å². The Kier molecular flexibility index (Phi) is 10.2. The van der Waals surface area contributed by atoms with Crippen molar-refractivity contribution in [3.05, 3.63) is 290 Å². The number of fused-ring (bicyclic) bond motifs is 8. The van der Waals surface area contributed by atoms with E-state index in [2.05, 4.69) is 293 Å². The lowest BCUT2D eigenvalue weighted by atomic mass is 9.76. The molecule has 17 rings (SSSR count). The minimum absolute atomic E-state index is 1.20. The van der Waals surface area contributed by atoms with E-state index in [1.54, 1.807) is 0 Å². The van der Waals surface area contributed by atoms with Crippen LogP contribution >= 0.6 is 0 Å². The third-order valence-corrected chi connectivity index (χ3v) is 18.2. The third kappa shape index (κ3) is 6.55. The van der Waals surface area contributed by atoms with Gasteiger partial charge >= 0.3 is 0 Å². The van der Waals surface area contributed by atoms with Crippen molar-refractivity contribution in [1.82, 2.24) is 0 Å². The summed E-state index contributed by atoms with van der Waals surface area (Å²) in [6.07, 6.45) is 0. The lowest BCUT2D eigenvalue weighted by molar-refractivity contribution is 1.45. The average Bonchev–Trinajstić information content (AvgIpc) is 3.29. The highest BCUT2D eigenvalue weighted by atomic mass is 14.4. The summed E-state index contributed by atoms with van der Waals surface area (Å²) >= 11 is 0. The Morgan fingerprint density at radius 2 is 0.341 bits per heavy atom. The molecule has 0 N–H and O–H groups in total. The van der Waals surface area contributed by atoms with Gasteiger partial charge in [-0.25, -0.2) is 0 Å². The first kappa shape index (κ1) is 46.5. The molecule has 0 saturated carbocycles. The maximum absolute atomic E-state index is 2.48. The molecule has 0 heteroatoms. The van der Waals surface area contributed by atoms with Gasteiger partial charge in [0.1, 0.15) is 0 Å². The van der Waals surface area contributed by atoms with E-state index in [1.165, 1.54) is 188 Å². The van der Waals surface area contributed by atoms with Gasteiger partial charge in [0.25, 0.3) is 0 Å². The summed E-state index contributed by atoms with van der Waals surface area (Å²) in [6.45, 7) is 4.56. The Bertz CT molecular complexity index is 4750. The summed E-state index contributed by atoms with van der Waals surface area (Å²) in [5.74, 6) is 0. The molecule has 2 aliphatic carbocycles. The van der Waals surface area contributed by atoms with Crippen LogP contribution in [0, 0.1) is 13.8 Å². The second-order valence-corrected chi connectivity index (χ2v) is 22.5. The molecule has 0 unspecified atom stereocenters. The van der Waals surface area contributed by atoms with Gasteiger partial charge in [0.15, 0.2) is 0 Å². The Hall–Kier alpha value is -10.4. The number of hydrogen-bond acceptors (Lipinski definition) is 0. The second-order valence-electron chi connectivity index (χ2n) is 22.5. The zero-order chi connectivity index (χ0) is 54.2. The summed E-state index contributed by atoms with van der Waals surface area (Å²) < 4.78 is 0. The van der Waals surface area contributed by atoms with Crippen molar-refractivity contribution >= 4 is 43.1 Å². The Morgan fingerprint density at radius 1 is 0.146 bits per heavy atom. The van der Waals surface area contributed by atoms with E-state index in [9.17, 15) is 0 Å². The van der Waals surface area contributed by atoms with Crippen LogP contribution in [0.25, 0.3) is 177 Å². The van der Waals surface area contributed by atoms with Gasteiger partial charge in [-0.05, 0) is 202 Å². The van der Waals surface area contributed by atoms with Crippen LogP contribution in [0.5, 0.6) is 0 Å². The Morgan fingerprint density at radius 3 is 0.585 bits per heavy atom. The van der Waals surface area contributed by atoms with E-state index in [0.717, 1.165) is 0 Å². The summed E-state index contributed by atoms with van der Waals surface area (Å²) in [6, 6.07) is 105. The molecule has 0 saturated heterocycles. The monoisotopic (exact) mass is 1040 g/mol. The zero-order valence-electron chi connectivity index (χ0n) is 45.6. The molecule has 15 aromatic carbocycles. The van der Waals surface area contributed by atoms with Crippen molar-refractivity contribution in [2.45, 2.75) is 13.8 Å². The molecule has 0 aliphatic heterocycles. The normalized spacial score (nSPS) is 12.0. The Labute approximate surface area is 477 Å². The predicted octanol–water partition coefficient (Wildman–Crippen LogP) is 23.0. The van der Waals surface area contributed by atoms with Crippen LogP contribution in [0.3, 0.4) is 0 Å². The van der Waals surface area contributed by atoms with E-state index in [4.69, 9.17) is 0 Å². The van der Waals surface area contributed by atoms with Gasteiger partial charge in [-0.1, -0.05) is 279 Å². The fraction of sp³-hybridized carbons (Fsp3) is 0.0244. The van der Waals surface area contributed by atoms with Crippen LogP contribution in [0.1, 0.15) is 11.1 Å². The second kappa shape index (κ2) is 18.1. The largest absolute Gasteiger partial charge is 0.0622 e. The molecule has 0 amide bonds. The molecule has 15 aromatic rings. The van der Waals surface area contributed by atoms with Gasteiger partial charge in [0.05, 0.1) is 0 Å². The molecular formula is C82H52. The summed E-state index contributed by atoms with van der Waals surface area (Å²) in [4.78, 5) is 0. The number of hydrogen-bond donors (Lipinski definition) is 0. The molecule has 82 heavy (non-hydrogen) atoms. The average molecular weight is 1040 g/mol. The molecule has 0 spiro atoms. The molecule has 0 radical (unpaired) electrons. The lowest BCUT2D eigenvalue weighted by Gasteiger charge is -2.26. The third-order valence-electron chi connectivity index (χ3n) is 18.2. The number of aryl methyl sites for hydroxylation is 2. The van der Waals surface area contributed by atoms with Crippen LogP contribution in [-0.2, 0) is 0 Å². The highest BCUT2D eigenvalue weighted by Crippen LogP contribution is 2.65. The highest BCUT2D eigenvalue weighted by Gasteiger charge is 2.38. The van der Waals surface area contributed by atoms with E-state index in [-0.39, 0.29) is 0 Å². The van der Waals surface area contributed by atoms with Crippen LogP contribution in [-0.4, -0.2) is 0 Å². The number of rotatable bonds is 8. The molecule has 0 atom stereocenters. The lowest BCUT2D eigenvalue weighted by Crippen LogP contribution is -2.00. The molecule has 0 heterocycles. The maximum atomic E-state index is 2.48. The van der Waals surface area contributed by atoms with Gasteiger partial charge in [0, 0.05) is 0 Å². The minimum atomic E-state index is 1.20. The number of benzene rings is 15.